The molecule has 2 aromatic carbocycles. The number of halogens is 1. The predicted molar refractivity (Wildman–Crippen MR) is 118 cm³/mol. The number of carbonyl (C=O) groups excluding carboxylic acids is 3. The van der Waals surface area contributed by atoms with Crippen molar-refractivity contribution < 1.29 is 23.5 Å². The number of hydrogen-bond donors (Lipinski definition) is 2. The van der Waals surface area contributed by atoms with Crippen molar-refractivity contribution >= 4 is 29.5 Å². The molecular weight excluding hydrogens is 449 g/mol. The Bertz CT molecular complexity index is 1160. The summed E-state index contributed by atoms with van der Waals surface area (Å²) in [6.07, 6.45) is 0.330. The largest absolute Gasteiger partial charge is 0.497 e. The molecule has 0 spiro atoms. The summed E-state index contributed by atoms with van der Waals surface area (Å²) < 4.78 is 20.3. The van der Waals surface area contributed by atoms with Gasteiger partial charge in [0.1, 0.15) is 17.4 Å². The number of Topliss-reactive ketones (excluding diaryl/α,β-unsaturated/α-hetero) is 1. The van der Waals surface area contributed by atoms with Gasteiger partial charge in [0.25, 0.3) is 0 Å². The number of ether oxygens (including phenoxy) is 1. The van der Waals surface area contributed by atoms with Gasteiger partial charge >= 0.3 is 6.03 Å². The molecule has 33 heavy (non-hydrogen) atoms. The second kappa shape index (κ2) is 9.82. The summed E-state index contributed by atoms with van der Waals surface area (Å²) in [5, 5.41) is 13.7. The SMILES string of the molecule is COc1ccc(C(=O)CSc2nnc(CC3CC(=O)NC(=O)N3)n2-c2ccc(F)cc2)cc1. The van der Waals surface area contributed by atoms with E-state index in [0.29, 0.717) is 28.0 Å². The summed E-state index contributed by atoms with van der Waals surface area (Å²) in [4.78, 5) is 36.0. The molecule has 170 valence electrons. The van der Waals surface area contributed by atoms with E-state index in [1.807, 2.05) is 0 Å². The molecule has 1 saturated heterocycles. The van der Waals surface area contributed by atoms with E-state index in [4.69, 9.17) is 4.74 Å². The second-order valence-electron chi connectivity index (χ2n) is 7.28. The second-order valence-corrected chi connectivity index (χ2v) is 8.22. The molecule has 2 heterocycles. The van der Waals surface area contributed by atoms with E-state index in [-0.39, 0.29) is 30.3 Å². The van der Waals surface area contributed by atoms with Gasteiger partial charge in [-0.1, -0.05) is 11.8 Å². The minimum atomic E-state index is -0.566. The third kappa shape index (κ3) is 5.37. The Labute approximate surface area is 192 Å². The summed E-state index contributed by atoms with van der Waals surface area (Å²) in [5.74, 6) is 0.358. The Kier molecular flexibility index (Phi) is 6.68. The van der Waals surface area contributed by atoms with Crippen molar-refractivity contribution in [3.63, 3.8) is 0 Å². The van der Waals surface area contributed by atoms with Crippen LogP contribution in [-0.4, -0.2) is 51.4 Å². The van der Waals surface area contributed by atoms with Gasteiger partial charge in [-0.3, -0.25) is 19.5 Å². The van der Waals surface area contributed by atoms with Crippen LogP contribution < -0.4 is 15.4 Å². The molecule has 0 bridgehead atoms. The maximum absolute atomic E-state index is 13.5. The van der Waals surface area contributed by atoms with Gasteiger partial charge in [-0.15, -0.1) is 10.2 Å². The molecule has 0 aliphatic carbocycles. The number of carbonyl (C=O) groups is 3. The number of amides is 3. The highest BCUT2D eigenvalue weighted by Crippen LogP contribution is 2.25. The first-order valence-corrected chi connectivity index (χ1v) is 11.0. The summed E-state index contributed by atoms with van der Waals surface area (Å²) >= 11 is 1.19. The number of benzene rings is 2. The van der Waals surface area contributed by atoms with Crippen LogP contribution in [0.3, 0.4) is 0 Å². The molecule has 11 heteroatoms. The fraction of sp³-hybridized carbons (Fsp3) is 0.227. The quantitative estimate of drug-likeness (QED) is 0.385. The number of hydrogen-bond acceptors (Lipinski definition) is 7. The van der Waals surface area contributed by atoms with Crippen LogP contribution in [0.4, 0.5) is 9.18 Å². The first-order chi connectivity index (χ1) is 15.9. The fourth-order valence-electron chi connectivity index (χ4n) is 3.38. The Morgan fingerprint density at radius 3 is 2.55 bits per heavy atom. The first kappa shape index (κ1) is 22.5. The lowest BCUT2D eigenvalue weighted by molar-refractivity contribution is -0.121. The fourth-order valence-corrected chi connectivity index (χ4v) is 4.25. The molecule has 3 amide bonds. The van der Waals surface area contributed by atoms with Crippen molar-refractivity contribution in [2.45, 2.75) is 24.0 Å². The van der Waals surface area contributed by atoms with Gasteiger partial charge in [0.15, 0.2) is 10.9 Å². The summed E-state index contributed by atoms with van der Waals surface area (Å²) in [7, 11) is 1.55. The van der Waals surface area contributed by atoms with E-state index in [0.717, 1.165) is 0 Å². The lowest BCUT2D eigenvalue weighted by Gasteiger charge is -2.23. The standard InChI is InChI=1S/C22H20FN5O4S/c1-32-17-8-2-13(3-9-17)18(29)12-33-22-27-26-19(10-15-11-20(30)25-21(31)24-15)28(22)16-6-4-14(23)5-7-16/h2-9,15H,10-12H2,1H3,(H2,24,25,30,31). The lowest BCUT2D eigenvalue weighted by atomic mass is 10.1. The van der Waals surface area contributed by atoms with E-state index in [2.05, 4.69) is 20.8 Å². The molecule has 4 rings (SSSR count). The van der Waals surface area contributed by atoms with Gasteiger partial charge in [-0.2, -0.15) is 0 Å². The van der Waals surface area contributed by atoms with E-state index in [1.165, 1.54) is 23.9 Å². The molecule has 1 aromatic heterocycles. The van der Waals surface area contributed by atoms with E-state index < -0.39 is 17.9 Å². The number of thioether (sulfide) groups is 1. The summed E-state index contributed by atoms with van der Waals surface area (Å²) in [6, 6.07) is 11.5. The molecule has 1 aliphatic heterocycles. The number of ketones is 1. The topological polar surface area (TPSA) is 115 Å². The highest BCUT2D eigenvalue weighted by molar-refractivity contribution is 7.99. The zero-order valence-corrected chi connectivity index (χ0v) is 18.4. The number of aromatic nitrogens is 3. The monoisotopic (exact) mass is 469 g/mol. The zero-order valence-electron chi connectivity index (χ0n) is 17.6. The molecule has 1 fully saturated rings. The van der Waals surface area contributed by atoms with Crippen LogP contribution in [-0.2, 0) is 11.2 Å². The van der Waals surface area contributed by atoms with Crippen molar-refractivity contribution in [1.82, 2.24) is 25.4 Å². The molecule has 2 N–H and O–H groups in total. The zero-order chi connectivity index (χ0) is 23.4. The Balaban J connectivity index is 1.56. The van der Waals surface area contributed by atoms with Crippen molar-refractivity contribution in [3.8, 4) is 11.4 Å². The summed E-state index contributed by atoms with van der Waals surface area (Å²) in [6.45, 7) is 0. The Hall–Kier alpha value is -3.73. The molecule has 1 atom stereocenters. The van der Waals surface area contributed by atoms with Crippen LogP contribution in [0, 0.1) is 5.82 Å². The third-order valence-corrected chi connectivity index (χ3v) is 5.91. The molecule has 9 nitrogen and oxygen atoms in total. The average molecular weight is 469 g/mol. The van der Waals surface area contributed by atoms with Gasteiger partial charge in [0.2, 0.25) is 5.91 Å². The normalized spacial score (nSPS) is 15.6. The highest BCUT2D eigenvalue weighted by Gasteiger charge is 2.27. The maximum atomic E-state index is 13.5. The van der Waals surface area contributed by atoms with E-state index >= 15 is 0 Å². The van der Waals surface area contributed by atoms with Crippen LogP contribution in [0.5, 0.6) is 5.75 Å². The van der Waals surface area contributed by atoms with Crippen molar-refractivity contribution in [2.75, 3.05) is 12.9 Å². The van der Waals surface area contributed by atoms with Gasteiger partial charge in [-0.05, 0) is 48.5 Å². The van der Waals surface area contributed by atoms with Crippen LogP contribution in [0.25, 0.3) is 5.69 Å². The number of rotatable bonds is 8. The first-order valence-electron chi connectivity index (χ1n) is 10.0. The molecular formula is C22H20FN5O4S. The van der Waals surface area contributed by atoms with Crippen LogP contribution >= 0.6 is 11.8 Å². The Morgan fingerprint density at radius 2 is 1.88 bits per heavy atom. The maximum Gasteiger partial charge on any atom is 0.321 e. The minimum absolute atomic E-state index is 0.0977. The van der Waals surface area contributed by atoms with Crippen molar-refractivity contribution in [3.05, 3.63) is 65.7 Å². The smallest absolute Gasteiger partial charge is 0.321 e. The molecule has 1 aliphatic rings. The average Bonchev–Trinajstić information content (AvgIpc) is 3.19. The molecule has 3 aromatic rings. The number of methoxy groups -OCH3 is 1. The van der Waals surface area contributed by atoms with Crippen LogP contribution in [0.2, 0.25) is 0 Å². The minimum Gasteiger partial charge on any atom is -0.497 e. The third-order valence-electron chi connectivity index (χ3n) is 4.98. The lowest BCUT2D eigenvalue weighted by Crippen LogP contribution is -2.53. The number of urea groups is 1. The number of nitrogens with one attached hydrogen (secondary N) is 2. The van der Waals surface area contributed by atoms with Crippen LogP contribution in [0.15, 0.2) is 53.7 Å². The van der Waals surface area contributed by atoms with Crippen molar-refractivity contribution in [2.24, 2.45) is 0 Å². The predicted octanol–water partition coefficient (Wildman–Crippen LogP) is 2.53. The Morgan fingerprint density at radius 1 is 1.15 bits per heavy atom. The van der Waals surface area contributed by atoms with Gasteiger partial charge < -0.3 is 10.1 Å². The molecule has 0 saturated carbocycles. The van der Waals surface area contributed by atoms with Crippen molar-refractivity contribution in [1.29, 1.82) is 0 Å². The molecule has 1 unspecified atom stereocenters. The molecule has 0 radical (unpaired) electrons. The van der Waals surface area contributed by atoms with E-state index in [9.17, 15) is 18.8 Å². The van der Waals surface area contributed by atoms with Gasteiger partial charge in [-0.25, -0.2) is 9.18 Å². The van der Waals surface area contributed by atoms with Gasteiger partial charge in [0, 0.05) is 30.1 Å². The summed E-state index contributed by atoms with van der Waals surface area (Å²) in [5.41, 5.74) is 1.13. The van der Waals surface area contributed by atoms with E-state index in [1.54, 1.807) is 48.1 Å². The highest BCUT2D eigenvalue weighted by atomic mass is 32.2. The van der Waals surface area contributed by atoms with Gasteiger partial charge in [0.05, 0.1) is 12.9 Å². The number of imide groups is 1. The number of nitrogens with zero attached hydrogens (tertiary/aromatic N) is 3. The van der Waals surface area contributed by atoms with Crippen LogP contribution in [0.1, 0.15) is 22.6 Å².